The van der Waals surface area contributed by atoms with E-state index in [4.69, 9.17) is 10.00 Å². The lowest BCUT2D eigenvalue weighted by Gasteiger charge is -2.26. The first kappa shape index (κ1) is 14.5. The van der Waals surface area contributed by atoms with Gasteiger partial charge in [-0.1, -0.05) is 25.5 Å². The van der Waals surface area contributed by atoms with Crippen LogP contribution in [0.2, 0.25) is 0 Å². The third-order valence-corrected chi connectivity index (χ3v) is 2.87. The summed E-state index contributed by atoms with van der Waals surface area (Å²) >= 11 is 0. The summed E-state index contributed by atoms with van der Waals surface area (Å²) in [6.45, 7) is 7.60. The summed E-state index contributed by atoms with van der Waals surface area (Å²) in [5, 5.41) is 12.0. The SMILES string of the molecule is CCCC(C)(C)NCc1ccc(OCC#N)cc1. The highest BCUT2D eigenvalue weighted by Crippen LogP contribution is 2.15. The Morgan fingerprint density at radius 3 is 2.50 bits per heavy atom. The Balaban J connectivity index is 2.46. The van der Waals surface area contributed by atoms with Crippen LogP contribution in [0, 0.1) is 11.3 Å². The Hall–Kier alpha value is -1.53. The van der Waals surface area contributed by atoms with Crippen molar-refractivity contribution in [2.24, 2.45) is 0 Å². The van der Waals surface area contributed by atoms with E-state index in [2.05, 4.69) is 26.1 Å². The van der Waals surface area contributed by atoms with E-state index >= 15 is 0 Å². The Kier molecular flexibility index (Phi) is 5.67. The van der Waals surface area contributed by atoms with Gasteiger partial charge in [-0.05, 0) is 38.0 Å². The molecule has 1 aromatic rings. The summed E-state index contributed by atoms with van der Waals surface area (Å²) in [5.74, 6) is 0.744. The number of rotatable bonds is 7. The summed E-state index contributed by atoms with van der Waals surface area (Å²) in [6.07, 6.45) is 2.34. The summed E-state index contributed by atoms with van der Waals surface area (Å²) < 4.78 is 5.21. The minimum Gasteiger partial charge on any atom is -0.479 e. The van der Waals surface area contributed by atoms with Crippen LogP contribution in [0.3, 0.4) is 0 Å². The molecule has 3 nitrogen and oxygen atoms in total. The molecule has 0 unspecified atom stereocenters. The minimum atomic E-state index is 0.0983. The predicted octanol–water partition coefficient (Wildman–Crippen LogP) is 3.26. The first-order valence-corrected chi connectivity index (χ1v) is 6.41. The standard InChI is InChI=1S/C15H22N2O/c1-4-9-15(2,3)17-12-13-5-7-14(8-6-13)18-11-10-16/h5-8,17H,4,9,11-12H2,1-3H3. The first-order chi connectivity index (χ1) is 8.57. The number of nitriles is 1. The largest absolute Gasteiger partial charge is 0.479 e. The van der Waals surface area contributed by atoms with Crippen LogP contribution in [-0.2, 0) is 6.54 Å². The molecule has 1 N–H and O–H groups in total. The molecule has 0 fully saturated rings. The second kappa shape index (κ2) is 7.03. The van der Waals surface area contributed by atoms with Crippen molar-refractivity contribution >= 4 is 0 Å². The van der Waals surface area contributed by atoms with Gasteiger partial charge in [0.2, 0.25) is 0 Å². The highest BCUT2D eigenvalue weighted by atomic mass is 16.5. The van der Waals surface area contributed by atoms with Crippen molar-refractivity contribution in [3.05, 3.63) is 29.8 Å². The zero-order chi connectivity index (χ0) is 13.4. The van der Waals surface area contributed by atoms with Crippen molar-refractivity contribution in [3.8, 4) is 11.8 Å². The number of hydrogen-bond donors (Lipinski definition) is 1. The zero-order valence-electron chi connectivity index (χ0n) is 11.5. The lowest BCUT2D eigenvalue weighted by molar-refractivity contribution is 0.356. The molecular weight excluding hydrogens is 224 g/mol. The molecule has 1 rings (SSSR count). The number of nitrogens with zero attached hydrogens (tertiary/aromatic N) is 1. The van der Waals surface area contributed by atoms with Gasteiger partial charge in [-0.15, -0.1) is 0 Å². The molecule has 0 amide bonds. The average molecular weight is 246 g/mol. The maximum Gasteiger partial charge on any atom is 0.174 e. The molecule has 0 aliphatic carbocycles. The fraction of sp³-hybridized carbons (Fsp3) is 0.533. The van der Waals surface area contributed by atoms with Gasteiger partial charge in [-0.25, -0.2) is 0 Å². The summed E-state index contributed by atoms with van der Waals surface area (Å²) in [6, 6.07) is 9.82. The molecule has 0 heterocycles. The van der Waals surface area contributed by atoms with Gasteiger partial charge in [-0.2, -0.15) is 5.26 Å². The molecule has 0 spiro atoms. The third kappa shape index (κ3) is 5.20. The summed E-state index contributed by atoms with van der Waals surface area (Å²) in [5.41, 5.74) is 1.40. The molecule has 0 bridgehead atoms. The number of ether oxygens (including phenoxy) is 1. The summed E-state index contributed by atoms with van der Waals surface area (Å²) in [4.78, 5) is 0. The second-order valence-corrected chi connectivity index (χ2v) is 5.08. The van der Waals surface area contributed by atoms with Crippen LogP contribution in [0.4, 0.5) is 0 Å². The molecule has 0 aromatic heterocycles. The van der Waals surface area contributed by atoms with E-state index in [1.165, 1.54) is 12.0 Å². The van der Waals surface area contributed by atoms with Crippen LogP contribution < -0.4 is 10.1 Å². The topological polar surface area (TPSA) is 45.0 Å². The van der Waals surface area contributed by atoms with Crippen molar-refractivity contribution in [3.63, 3.8) is 0 Å². The zero-order valence-corrected chi connectivity index (χ0v) is 11.5. The van der Waals surface area contributed by atoms with E-state index in [9.17, 15) is 0 Å². The first-order valence-electron chi connectivity index (χ1n) is 6.41. The van der Waals surface area contributed by atoms with Crippen molar-refractivity contribution in [2.75, 3.05) is 6.61 Å². The van der Waals surface area contributed by atoms with Gasteiger partial charge in [0.1, 0.15) is 11.8 Å². The van der Waals surface area contributed by atoms with Gasteiger partial charge in [0.15, 0.2) is 6.61 Å². The highest BCUT2D eigenvalue weighted by Gasteiger charge is 2.14. The van der Waals surface area contributed by atoms with Crippen molar-refractivity contribution < 1.29 is 4.74 Å². The molecule has 0 radical (unpaired) electrons. The molecule has 3 heteroatoms. The van der Waals surface area contributed by atoms with Crippen LogP contribution in [-0.4, -0.2) is 12.1 Å². The molecule has 0 atom stereocenters. The van der Waals surface area contributed by atoms with E-state index in [1.54, 1.807) is 0 Å². The van der Waals surface area contributed by atoms with E-state index in [0.29, 0.717) is 0 Å². The Bertz CT molecular complexity index is 390. The van der Waals surface area contributed by atoms with Gasteiger partial charge in [0, 0.05) is 12.1 Å². The van der Waals surface area contributed by atoms with Gasteiger partial charge in [-0.3, -0.25) is 0 Å². The van der Waals surface area contributed by atoms with Gasteiger partial charge >= 0.3 is 0 Å². The second-order valence-electron chi connectivity index (χ2n) is 5.08. The fourth-order valence-corrected chi connectivity index (χ4v) is 1.87. The Morgan fingerprint density at radius 1 is 1.28 bits per heavy atom. The molecule has 0 saturated carbocycles. The van der Waals surface area contributed by atoms with Gasteiger partial charge < -0.3 is 10.1 Å². The Morgan fingerprint density at radius 2 is 1.94 bits per heavy atom. The predicted molar refractivity (Wildman–Crippen MR) is 73.4 cm³/mol. The quantitative estimate of drug-likeness (QED) is 0.803. The van der Waals surface area contributed by atoms with Crippen LogP contribution in [0.15, 0.2) is 24.3 Å². The van der Waals surface area contributed by atoms with Gasteiger partial charge in [0.25, 0.3) is 0 Å². The maximum atomic E-state index is 8.42. The molecular formula is C15H22N2O. The van der Waals surface area contributed by atoms with Crippen molar-refractivity contribution in [1.82, 2.24) is 5.32 Å². The average Bonchev–Trinajstić information content (AvgIpc) is 2.35. The Labute approximate surface area is 110 Å². The van der Waals surface area contributed by atoms with E-state index in [-0.39, 0.29) is 12.1 Å². The van der Waals surface area contributed by atoms with E-state index in [0.717, 1.165) is 18.7 Å². The van der Waals surface area contributed by atoms with Crippen LogP contribution >= 0.6 is 0 Å². The minimum absolute atomic E-state index is 0.0983. The highest BCUT2D eigenvalue weighted by molar-refractivity contribution is 5.27. The van der Waals surface area contributed by atoms with E-state index in [1.807, 2.05) is 30.3 Å². The molecule has 0 saturated heterocycles. The van der Waals surface area contributed by atoms with Crippen LogP contribution in [0.25, 0.3) is 0 Å². The van der Waals surface area contributed by atoms with Crippen molar-refractivity contribution in [1.29, 1.82) is 5.26 Å². The third-order valence-electron chi connectivity index (χ3n) is 2.87. The molecule has 98 valence electrons. The lowest BCUT2D eigenvalue weighted by Crippen LogP contribution is -2.38. The smallest absolute Gasteiger partial charge is 0.174 e. The van der Waals surface area contributed by atoms with Crippen molar-refractivity contribution in [2.45, 2.75) is 45.7 Å². The maximum absolute atomic E-state index is 8.42. The van der Waals surface area contributed by atoms with Crippen LogP contribution in [0.1, 0.15) is 39.2 Å². The molecule has 1 aromatic carbocycles. The lowest BCUT2D eigenvalue weighted by atomic mass is 9.98. The molecule has 0 aliphatic rings. The number of benzene rings is 1. The van der Waals surface area contributed by atoms with Crippen LogP contribution in [0.5, 0.6) is 5.75 Å². The number of hydrogen-bond acceptors (Lipinski definition) is 3. The summed E-state index contributed by atoms with van der Waals surface area (Å²) in [7, 11) is 0. The number of nitrogens with one attached hydrogen (secondary N) is 1. The van der Waals surface area contributed by atoms with Gasteiger partial charge in [0.05, 0.1) is 0 Å². The normalized spacial score (nSPS) is 11.0. The monoisotopic (exact) mass is 246 g/mol. The molecule has 18 heavy (non-hydrogen) atoms. The molecule has 0 aliphatic heterocycles. The fourth-order valence-electron chi connectivity index (χ4n) is 1.87. The van der Waals surface area contributed by atoms with E-state index < -0.39 is 0 Å².